The Morgan fingerprint density at radius 2 is 2.15 bits per heavy atom. The summed E-state index contributed by atoms with van der Waals surface area (Å²) < 4.78 is 13.1. The summed E-state index contributed by atoms with van der Waals surface area (Å²) in [4.78, 5) is 14.8. The number of benzene rings is 1. The lowest BCUT2D eigenvalue weighted by Gasteiger charge is -2.16. The highest BCUT2D eigenvalue weighted by atomic mass is 32.1. The molecule has 0 aliphatic rings. The van der Waals surface area contributed by atoms with Gasteiger partial charge in [-0.3, -0.25) is 4.79 Å². The molecule has 2 rings (SSSR count). The van der Waals surface area contributed by atoms with Crippen LogP contribution in [0, 0.1) is 5.82 Å². The zero-order valence-corrected chi connectivity index (χ0v) is 12.3. The van der Waals surface area contributed by atoms with E-state index >= 15 is 0 Å². The molecule has 0 N–H and O–H groups in total. The van der Waals surface area contributed by atoms with Gasteiger partial charge in [0, 0.05) is 13.0 Å². The van der Waals surface area contributed by atoms with Gasteiger partial charge in [0.25, 0.3) is 0 Å². The van der Waals surface area contributed by atoms with Crippen molar-refractivity contribution in [1.29, 1.82) is 0 Å². The van der Waals surface area contributed by atoms with Crippen molar-refractivity contribution in [2.45, 2.75) is 19.4 Å². The number of carbonyl (C=O) groups is 1. The Morgan fingerprint density at radius 3 is 2.85 bits per heavy atom. The van der Waals surface area contributed by atoms with E-state index in [1.165, 1.54) is 17.4 Å². The van der Waals surface area contributed by atoms with Gasteiger partial charge in [-0.1, -0.05) is 18.2 Å². The molecule has 0 spiro atoms. The van der Waals surface area contributed by atoms with Crippen LogP contribution in [0.2, 0.25) is 0 Å². The standard InChI is InChI=1S/C16H18FNOS/c1-18(12-13-5-2-6-14(17)11-13)9-3-7-15(19)16-8-4-10-20-16/h2,4-6,8,10-11H,3,7,9,12H2,1H3. The smallest absolute Gasteiger partial charge is 0.172 e. The molecule has 1 heterocycles. The Kier molecular flexibility index (Phi) is 5.44. The highest BCUT2D eigenvalue weighted by Crippen LogP contribution is 2.13. The van der Waals surface area contributed by atoms with E-state index in [1.807, 2.05) is 30.6 Å². The van der Waals surface area contributed by atoms with E-state index in [0.717, 1.165) is 23.4 Å². The molecule has 2 nitrogen and oxygen atoms in total. The molecule has 20 heavy (non-hydrogen) atoms. The first-order valence-corrected chi connectivity index (χ1v) is 7.53. The van der Waals surface area contributed by atoms with Gasteiger partial charge in [-0.25, -0.2) is 4.39 Å². The summed E-state index contributed by atoms with van der Waals surface area (Å²) in [5.41, 5.74) is 0.956. The van der Waals surface area contributed by atoms with Gasteiger partial charge in [0.05, 0.1) is 4.88 Å². The minimum Gasteiger partial charge on any atom is -0.302 e. The maximum atomic E-state index is 13.1. The highest BCUT2D eigenvalue weighted by Gasteiger charge is 2.07. The van der Waals surface area contributed by atoms with Crippen molar-refractivity contribution in [3.8, 4) is 0 Å². The van der Waals surface area contributed by atoms with Crippen LogP contribution in [0.1, 0.15) is 28.1 Å². The fraction of sp³-hybridized carbons (Fsp3) is 0.312. The van der Waals surface area contributed by atoms with Crippen LogP contribution in [0.5, 0.6) is 0 Å². The molecule has 0 saturated carbocycles. The van der Waals surface area contributed by atoms with E-state index in [4.69, 9.17) is 0 Å². The average molecular weight is 291 g/mol. The number of thiophene rings is 1. The second kappa shape index (κ2) is 7.31. The number of nitrogens with zero attached hydrogens (tertiary/aromatic N) is 1. The Labute approximate surface area is 122 Å². The minimum atomic E-state index is -0.205. The number of carbonyl (C=O) groups excluding carboxylic acids is 1. The topological polar surface area (TPSA) is 20.3 Å². The second-order valence-electron chi connectivity index (χ2n) is 4.87. The van der Waals surface area contributed by atoms with Gasteiger partial charge in [-0.15, -0.1) is 11.3 Å². The quantitative estimate of drug-likeness (QED) is 0.719. The van der Waals surface area contributed by atoms with Crippen molar-refractivity contribution >= 4 is 17.1 Å². The lowest BCUT2D eigenvalue weighted by atomic mass is 10.1. The lowest BCUT2D eigenvalue weighted by Crippen LogP contribution is -2.19. The molecule has 0 radical (unpaired) electrons. The molecule has 0 aliphatic heterocycles. The molecule has 0 aliphatic carbocycles. The van der Waals surface area contributed by atoms with Gasteiger partial charge in [-0.2, -0.15) is 0 Å². The van der Waals surface area contributed by atoms with Crippen molar-refractivity contribution in [3.05, 3.63) is 58.0 Å². The van der Waals surface area contributed by atoms with E-state index in [9.17, 15) is 9.18 Å². The third kappa shape index (κ3) is 4.54. The van der Waals surface area contributed by atoms with Crippen LogP contribution in [0.4, 0.5) is 4.39 Å². The third-order valence-corrected chi connectivity index (χ3v) is 3.99. The first-order chi connectivity index (χ1) is 9.65. The van der Waals surface area contributed by atoms with Crippen LogP contribution in [-0.4, -0.2) is 24.3 Å². The summed E-state index contributed by atoms with van der Waals surface area (Å²) in [6.07, 6.45) is 1.39. The van der Waals surface area contributed by atoms with Crippen LogP contribution in [0.15, 0.2) is 41.8 Å². The number of Topliss-reactive ketones (excluding diaryl/α,β-unsaturated/α-hetero) is 1. The Morgan fingerprint density at radius 1 is 1.30 bits per heavy atom. The molecule has 0 amide bonds. The molecular weight excluding hydrogens is 273 g/mol. The van der Waals surface area contributed by atoms with Crippen molar-refractivity contribution < 1.29 is 9.18 Å². The summed E-state index contributed by atoms with van der Waals surface area (Å²) in [6.45, 7) is 1.53. The normalized spacial score (nSPS) is 10.9. The molecule has 1 aromatic carbocycles. The number of hydrogen-bond acceptors (Lipinski definition) is 3. The number of halogens is 1. The molecule has 4 heteroatoms. The van der Waals surface area contributed by atoms with Crippen molar-refractivity contribution in [2.75, 3.05) is 13.6 Å². The summed E-state index contributed by atoms with van der Waals surface area (Å²) in [6, 6.07) is 10.4. The van der Waals surface area contributed by atoms with E-state index in [1.54, 1.807) is 12.1 Å². The van der Waals surface area contributed by atoms with Gasteiger partial charge in [0.1, 0.15) is 5.82 Å². The van der Waals surface area contributed by atoms with Gasteiger partial charge in [0.2, 0.25) is 0 Å². The molecule has 0 unspecified atom stereocenters. The predicted molar refractivity (Wildman–Crippen MR) is 80.6 cm³/mol. The van der Waals surface area contributed by atoms with Gasteiger partial charge < -0.3 is 4.90 Å². The van der Waals surface area contributed by atoms with Crippen LogP contribution in [0.3, 0.4) is 0 Å². The molecule has 0 fully saturated rings. The first-order valence-electron chi connectivity index (χ1n) is 6.65. The van der Waals surface area contributed by atoms with Gasteiger partial charge >= 0.3 is 0 Å². The van der Waals surface area contributed by atoms with Crippen LogP contribution >= 0.6 is 11.3 Å². The van der Waals surface area contributed by atoms with E-state index in [0.29, 0.717) is 13.0 Å². The number of ketones is 1. The zero-order valence-electron chi connectivity index (χ0n) is 11.5. The maximum Gasteiger partial charge on any atom is 0.172 e. The van der Waals surface area contributed by atoms with Crippen LogP contribution in [0.25, 0.3) is 0 Å². The molecule has 2 aromatic rings. The summed E-state index contributed by atoms with van der Waals surface area (Å²) in [5, 5.41) is 1.92. The van der Waals surface area contributed by atoms with Crippen molar-refractivity contribution in [1.82, 2.24) is 4.90 Å². The van der Waals surface area contributed by atoms with Crippen molar-refractivity contribution in [3.63, 3.8) is 0 Å². The summed E-state index contributed by atoms with van der Waals surface area (Å²) in [7, 11) is 1.99. The van der Waals surface area contributed by atoms with E-state index in [2.05, 4.69) is 4.90 Å². The Balaban J connectivity index is 1.73. The predicted octanol–water partition coefficient (Wildman–Crippen LogP) is 3.98. The first kappa shape index (κ1) is 14.9. The monoisotopic (exact) mass is 291 g/mol. The molecule has 1 aromatic heterocycles. The van der Waals surface area contributed by atoms with Crippen LogP contribution in [-0.2, 0) is 6.54 Å². The molecule has 0 bridgehead atoms. The third-order valence-electron chi connectivity index (χ3n) is 3.08. The SMILES string of the molecule is CN(CCCC(=O)c1cccs1)Cc1cccc(F)c1. The Hall–Kier alpha value is -1.52. The molecule has 0 saturated heterocycles. The number of hydrogen-bond donors (Lipinski definition) is 0. The zero-order chi connectivity index (χ0) is 14.4. The summed E-state index contributed by atoms with van der Waals surface area (Å²) in [5.74, 6) is 0.00271. The highest BCUT2D eigenvalue weighted by molar-refractivity contribution is 7.12. The maximum absolute atomic E-state index is 13.1. The van der Waals surface area contributed by atoms with E-state index < -0.39 is 0 Å². The largest absolute Gasteiger partial charge is 0.302 e. The Bertz CT molecular complexity index is 553. The minimum absolute atomic E-state index is 0.205. The molecule has 0 atom stereocenters. The fourth-order valence-corrected chi connectivity index (χ4v) is 2.79. The van der Waals surface area contributed by atoms with Gasteiger partial charge in [-0.05, 0) is 49.2 Å². The van der Waals surface area contributed by atoms with Crippen molar-refractivity contribution in [2.24, 2.45) is 0 Å². The summed E-state index contributed by atoms with van der Waals surface area (Å²) >= 11 is 1.49. The van der Waals surface area contributed by atoms with Gasteiger partial charge in [0.15, 0.2) is 5.78 Å². The fourth-order valence-electron chi connectivity index (χ4n) is 2.10. The van der Waals surface area contributed by atoms with Crippen LogP contribution < -0.4 is 0 Å². The number of rotatable bonds is 7. The average Bonchev–Trinajstić information content (AvgIpc) is 2.92. The second-order valence-corrected chi connectivity index (χ2v) is 5.82. The van der Waals surface area contributed by atoms with E-state index in [-0.39, 0.29) is 11.6 Å². The lowest BCUT2D eigenvalue weighted by molar-refractivity contribution is 0.0980. The molecule has 106 valence electrons. The molecular formula is C16H18FNOS.